The molecule has 1 unspecified atom stereocenters. The first-order valence-electron chi connectivity index (χ1n) is 7.24. The van der Waals surface area contributed by atoms with E-state index < -0.39 is 0 Å². The molecule has 0 amide bonds. The van der Waals surface area contributed by atoms with Crippen LogP contribution < -0.4 is 4.90 Å². The highest BCUT2D eigenvalue weighted by Gasteiger charge is 2.18. The van der Waals surface area contributed by atoms with Crippen LogP contribution in [0.1, 0.15) is 31.4 Å². The van der Waals surface area contributed by atoms with Crippen molar-refractivity contribution in [2.45, 2.75) is 25.9 Å². The van der Waals surface area contributed by atoms with Crippen molar-refractivity contribution in [3.05, 3.63) is 29.8 Å². The molecule has 2 rings (SSSR count). The Morgan fingerprint density at radius 3 is 2.37 bits per heavy atom. The van der Waals surface area contributed by atoms with Crippen LogP contribution in [0, 0.1) is 5.92 Å². The molecule has 1 N–H and O–H groups in total. The number of rotatable bonds is 4. The molecule has 19 heavy (non-hydrogen) atoms. The van der Waals surface area contributed by atoms with E-state index in [0.29, 0.717) is 0 Å². The third kappa shape index (κ3) is 3.95. The third-order valence-electron chi connectivity index (χ3n) is 4.19. The number of aliphatic hydroxyl groups is 1. The molecular weight excluding hydrogens is 236 g/mol. The van der Waals surface area contributed by atoms with Crippen molar-refractivity contribution in [1.82, 2.24) is 4.90 Å². The van der Waals surface area contributed by atoms with Crippen LogP contribution in [0.25, 0.3) is 0 Å². The molecule has 0 aromatic heterocycles. The Morgan fingerprint density at radius 2 is 1.84 bits per heavy atom. The van der Waals surface area contributed by atoms with E-state index in [0.717, 1.165) is 18.0 Å². The van der Waals surface area contributed by atoms with E-state index in [1.807, 2.05) is 12.1 Å². The van der Waals surface area contributed by atoms with Gasteiger partial charge in [-0.15, -0.1) is 0 Å². The molecule has 1 aliphatic rings. The molecule has 106 valence electrons. The van der Waals surface area contributed by atoms with E-state index in [2.05, 4.69) is 36.0 Å². The standard InChI is InChI=1S/C16H26N2O/c1-13(19)15-4-6-16(7-5-15)18(3)12-14-8-10-17(2)11-9-14/h4-7,13-14,19H,8-12H2,1-3H3. The highest BCUT2D eigenvalue weighted by molar-refractivity contribution is 5.47. The van der Waals surface area contributed by atoms with Gasteiger partial charge >= 0.3 is 0 Å². The Labute approximate surface area is 116 Å². The summed E-state index contributed by atoms with van der Waals surface area (Å²) in [6.07, 6.45) is 2.22. The molecule has 0 aliphatic carbocycles. The van der Waals surface area contributed by atoms with E-state index in [1.165, 1.54) is 31.6 Å². The zero-order valence-corrected chi connectivity index (χ0v) is 12.3. The van der Waals surface area contributed by atoms with Gasteiger partial charge in [0.05, 0.1) is 6.10 Å². The molecule has 1 aromatic carbocycles. The van der Waals surface area contributed by atoms with Crippen LogP contribution in [0.4, 0.5) is 5.69 Å². The first-order chi connectivity index (χ1) is 9.06. The Kier molecular flexibility index (Phi) is 4.83. The quantitative estimate of drug-likeness (QED) is 0.903. The molecule has 0 bridgehead atoms. The number of hydrogen-bond acceptors (Lipinski definition) is 3. The van der Waals surface area contributed by atoms with Crippen molar-refractivity contribution in [3.8, 4) is 0 Å². The van der Waals surface area contributed by atoms with E-state index >= 15 is 0 Å². The average molecular weight is 262 g/mol. The molecule has 0 spiro atoms. The number of anilines is 1. The maximum atomic E-state index is 9.52. The van der Waals surface area contributed by atoms with Gasteiger partial charge in [0.1, 0.15) is 0 Å². The van der Waals surface area contributed by atoms with Crippen molar-refractivity contribution in [3.63, 3.8) is 0 Å². The number of benzene rings is 1. The van der Waals surface area contributed by atoms with Gasteiger partial charge in [-0.2, -0.15) is 0 Å². The van der Waals surface area contributed by atoms with Crippen molar-refractivity contribution >= 4 is 5.69 Å². The minimum absolute atomic E-state index is 0.381. The van der Waals surface area contributed by atoms with E-state index in [1.54, 1.807) is 6.92 Å². The summed E-state index contributed by atoms with van der Waals surface area (Å²) in [4.78, 5) is 4.75. The largest absolute Gasteiger partial charge is 0.389 e. The second-order valence-electron chi connectivity index (χ2n) is 5.89. The maximum absolute atomic E-state index is 9.52. The molecule has 0 radical (unpaired) electrons. The third-order valence-corrected chi connectivity index (χ3v) is 4.19. The molecule has 1 atom stereocenters. The number of aliphatic hydroxyl groups excluding tert-OH is 1. The molecule has 0 saturated carbocycles. The van der Waals surface area contributed by atoms with Gasteiger partial charge in [0.15, 0.2) is 0 Å². The van der Waals surface area contributed by atoms with Crippen molar-refractivity contribution in [2.75, 3.05) is 38.6 Å². The molecule has 1 fully saturated rings. The van der Waals surface area contributed by atoms with Gasteiger partial charge in [0.2, 0.25) is 0 Å². The van der Waals surface area contributed by atoms with Crippen LogP contribution in [-0.2, 0) is 0 Å². The van der Waals surface area contributed by atoms with Gasteiger partial charge in [-0.05, 0) is 63.5 Å². The lowest BCUT2D eigenvalue weighted by atomic mass is 9.96. The summed E-state index contributed by atoms with van der Waals surface area (Å²) < 4.78 is 0. The molecule has 3 nitrogen and oxygen atoms in total. The minimum atomic E-state index is -0.381. The highest BCUT2D eigenvalue weighted by atomic mass is 16.3. The lowest BCUT2D eigenvalue weighted by Crippen LogP contribution is -2.35. The Bertz CT molecular complexity index is 380. The maximum Gasteiger partial charge on any atom is 0.0761 e. The van der Waals surface area contributed by atoms with Crippen LogP contribution in [0.5, 0.6) is 0 Å². The highest BCUT2D eigenvalue weighted by Crippen LogP contribution is 2.22. The first-order valence-corrected chi connectivity index (χ1v) is 7.24. The number of hydrogen-bond donors (Lipinski definition) is 1. The van der Waals surface area contributed by atoms with Crippen LogP contribution in [0.2, 0.25) is 0 Å². The van der Waals surface area contributed by atoms with Crippen molar-refractivity contribution in [2.24, 2.45) is 5.92 Å². The molecule has 1 heterocycles. The Morgan fingerprint density at radius 1 is 1.26 bits per heavy atom. The Balaban J connectivity index is 1.90. The normalized spacial score (nSPS) is 19.4. The zero-order chi connectivity index (χ0) is 13.8. The SMILES string of the molecule is CC(O)c1ccc(N(C)CC2CCN(C)CC2)cc1. The lowest BCUT2D eigenvalue weighted by molar-refractivity contribution is 0.199. The number of nitrogens with zero attached hydrogens (tertiary/aromatic N) is 2. The smallest absolute Gasteiger partial charge is 0.0761 e. The number of likely N-dealkylation sites (tertiary alicyclic amines) is 1. The summed E-state index contributed by atoms with van der Waals surface area (Å²) in [5.74, 6) is 0.803. The molecule has 3 heteroatoms. The minimum Gasteiger partial charge on any atom is -0.389 e. The molecular formula is C16H26N2O. The Hall–Kier alpha value is -1.06. The van der Waals surface area contributed by atoms with Gasteiger partial charge in [-0.1, -0.05) is 12.1 Å². The van der Waals surface area contributed by atoms with Crippen LogP contribution in [0.15, 0.2) is 24.3 Å². The topological polar surface area (TPSA) is 26.7 Å². The summed E-state index contributed by atoms with van der Waals surface area (Å²) in [6.45, 7) is 5.37. The monoisotopic (exact) mass is 262 g/mol. The fourth-order valence-corrected chi connectivity index (χ4v) is 2.74. The van der Waals surface area contributed by atoms with Crippen molar-refractivity contribution < 1.29 is 5.11 Å². The average Bonchev–Trinajstić information content (AvgIpc) is 2.41. The predicted octanol–water partition coefficient (Wildman–Crippen LogP) is 2.52. The second-order valence-corrected chi connectivity index (χ2v) is 5.89. The second kappa shape index (κ2) is 6.40. The molecule has 1 saturated heterocycles. The van der Waals surface area contributed by atoms with Crippen molar-refractivity contribution in [1.29, 1.82) is 0 Å². The molecule has 1 aromatic rings. The number of piperidine rings is 1. The summed E-state index contributed by atoms with van der Waals surface area (Å²) in [5.41, 5.74) is 2.22. The summed E-state index contributed by atoms with van der Waals surface area (Å²) in [6, 6.07) is 8.25. The molecule has 1 aliphatic heterocycles. The summed E-state index contributed by atoms with van der Waals surface area (Å²) in [7, 11) is 4.37. The van der Waals surface area contributed by atoms with Gasteiger partial charge in [-0.25, -0.2) is 0 Å². The van der Waals surface area contributed by atoms with Crippen LogP contribution >= 0.6 is 0 Å². The van der Waals surface area contributed by atoms with Crippen LogP contribution in [0.3, 0.4) is 0 Å². The first kappa shape index (κ1) is 14.4. The fourth-order valence-electron chi connectivity index (χ4n) is 2.74. The van der Waals surface area contributed by atoms with E-state index in [9.17, 15) is 5.11 Å². The predicted molar refractivity (Wildman–Crippen MR) is 80.6 cm³/mol. The summed E-state index contributed by atoms with van der Waals surface area (Å²) >= 11 is 0. The zero-order valence-electron chi connectivity index (χ0n) is 12.3. The van der Waals surface area contributed by atoms with Crippen LogP contribution in [-0.4, -0.2) is 43.7 Å². The van der Waals surface area contributed by atoms with Gasteiger partial charge in [0.25, 0.3) is 0 Å². The van der Waals surface area contributed by atoms with E-state index in [-0.39, 0.29) is 6.10 Å². The summed E-state index contributed by atoms with van der Waals surface area (Å²) in [5, 5.41) is 9.52. The van der Waals surface area contributed by atoms with Gasteiger partial charge in [-0.3, -0.25) is 0 Å². The van der Waals surface area contributed by atoms with Gasteiger partial charge < -0.3 is 14.9 Å². The fraction of sp³-hybridized carbons (Fsp3) is 0.625. The lowest BCUT2D eigenvalue weighted by Gasteiger charge is -2.32. The van der Waals surface area contributed by atoms with E-state index in [4.69, 9.17) is 0 Å². The van der Waals surface area contributed by atoms with Gasteiger partial charge in [0, 0.05) is 19.3 Å².